The number of Topliss-reactive ketones (excluding diaryl/α,β-unsaturated/α-hetero) is 1. The van der Waals surface area contributed by atoms with Gasteiger partial charge >= 0.3 is 12.1 Å². The minimum absolute atomic E-state index is 0.0454. The van der Waals surface area contributed by atoms with Gasteiger partial charge in [-0.05, 0) is 51.7 Å². The van der Waals surface area contributed by atoms with E-state index in [1.165, 1.54) is 14.0 Å². The molecule has 16 heteroatoms. The number of hydrogen-bond acceptors (Lipinski definition) is 16. The number of ketones is 1. The zero-order valence-electron chi connectivity index (χ0n) is 29.8. The van der Waals surface area contributed by atoms with Crippen LogP contribution in [0.25, 0.3) is 10.8 Å². The predicted octanol–water partition coefficient (Wildman–Crippen LogP) is 3.55. The highest BCUT2D eigenvalue weighted by atomic mass is 16.9. The summed E-state index contributed by atoms with van der Waals surface area (Å²) in [7, 11) is 1.54. The van der Waals surface area contributed by atoms with Crippen LogP contribution in [-0.4, -0.2) is 110 Å². The van der Waals surface area contributed by atoms with Gasteiger partial charge in [-0.2, -0.15) is 0 Å². The number of epoxide rings is 1. The Balaban J connectivity index is 1.15. The first-order valence-electron chi connectivity index (χ1n) is 18.2. The topological polar surface area (TPSA) is 186 Å². The summed E-state index contributed by atoms with van der Waals surface area (Å²) < 4.78 is 75.8. The van der Waals surface area contributed by atoms with E-state index in [9.17, 15) is 19.5 Å². The Hall–Kier alpha value is -3.77. The molecule has 10 rings (SSSR count). The molecule has 0 aromatic heterocycles. The summed E-state index contributed by atoms with van der Waals surface area (Å²) in [5.41, 5.74) is -0.766. The van der Waals surface area contributed by atoms with Crippen LogP contribution in [0.1, 0.15) is 79.6 Å². The maximum absolute atomic E-state index is 13.4. The van der Waals surface area contributed by atoms with Gasteiger partial charge in [0.2, 0.25) is 17.5 Å². The molecule has 6 fully saturated rings. The van der Waals surface area contributed by atoms with Crippen molar-refractivity contribution in [3.63, 3.8) is 0 Å². The van der Waals surface area contributed by atoms with E-state index in [4.69, 9.17) is 56.8 Å². The van der Waals surface area contributed by atoms with E-state index in [0.29, 0.717) is 54.7 Å². The third-order valence-electron chi connectivity index (χ3n) is 12.3. The molecule has 0 amide bonds. The molecule has 6 saturated heterocycles. The van der Waals surface area contributed by atoms with E-state index in [0.717, 1.165) is 5.56 Å². The van der Waals surface area contributed by atoms with Gasteiger partial charge in [0, 0.05) is 36.3 Å². The standard InChI is InChI=1S/C37H40O16/c1-15-12-20-26(27(40)25-19(28(20)42-5)8-6-9-21(25)39)29-24(15)30-31-36(50-29,34(14-45-34)37(51-30,52-31)32-43-10-7-11-44-32)49-23-13-22(48-18(4)38)35(16(2)46-23)17(3)47-33(41)53-35/h12,16-17,22-23,30-32,40H,6-11,13-14H2,1-5H3/t16?,17?,22?,23-,30?,31?,34?,35?,36+,37-/m1/s1. The Morgan fingerprint density at radius 1 is 1.04 bits per heavy atom. The predicted molar refractivity (Wildman–Crippen MR) is 173 cm³/mol. The Kier molecular flexibility index (Phi) is 7.10. The van der Waals surface area contributed by atoms with Crippen molar-refractivity contribution in [1.82, 2.24) is 0 Å². The van der Waals surface area contributed by atoms with Crippen molar-refractivity contribution >= 4 is 28.7 Å². The summed E-state index contributed by atoms with van der Waals surface area (Å²) in [6.07, 6.45) is -5.64. The van der Waals surface area contributed by atoms with Gasteiger partial charge in [0.15, 0.2) is 24.3 Å². The van der Waals surface area contributed by atoms with E-state index in [1.807, 2.05) is 13.0 Å². The average Bonchev–Trinajstić information content (AvgIpc) is 3.67. The molecule has 7 heterocycles. The molecular formula is C37H40O16. The van der Waals surface area contributed by atoms with E-state index in [1.54, 1.807) is 13.8 Å². The van der Waals surface area contributed by atoms with Crippen molar-refractivity contribution in [2.24, 2.45) is 0 Å². The lowest BCUT2D eigenvalue weighted by molar-refractivity contribution is -0.393. The molecule has 284 valence electrons. The van der Waals surface area contributed by atoms with E-state index < -0.39 is 78.0 Å². The van der Waals surface area contributed by atoms with Gasteiger partial charge in [-0.3, -0.25) is 9.59 Å². The van der Waals surface area contributed by atoms with Gasteiger partial charge in [-0.25, -0.2) is 4.79 Å². The van der Waals surface area contributed by atoms with Crippen molar-refractivity contribution in [2.75, 3.05) is 26.9 Å². The number of esters is 1. The van der Waals surface area contributed by atoms with Crippen LogP contribution in [0, 0.1) is 6.92 Å². The molecule has 2 bridgehead atoms. The summed E-state index contributed by atoms with van der Waals surface area (Å²) in [5, 5.41) is 12.8. The molecule has 2 aromatic carbocycles. The van der Waals surface area contributed by atoms with Crippen LogP contribution in [0.2, 0.25) is 0 Å². The van der Waals surface area contributed by atoms with Gasteiger partial charge in [0.05, 0.1) is 37.9 Å². The lowest BCUT2D eigenvalue weighted by Crippen LogP contribution is -2.72. The fourth-order valence-corrected chi connectivity index (χ4v) is 10.0. The molecular weight excluding hydrogens is 700 g/mol. The number of aryl methyl sites for hydroxylation is 1. The lowest BCUT2D eigenvalue weighted by atomic mass is 9.77. The molecule has 53 heavy (non-hydrogen) atoms. The van der Waals surface area contributed by atoms with E-state index >= 15 is 0 Å². The van der Waals surface area contributed by atoms with E-state index in [2.05, 4.69) is 0 Å². The summed E-state index contributed by atoms with van der Waals surface area (Å²) in [6, 6.07) is 1.89. The van der Waals surface area contributed by atoms with Crippen LogP contribution in [0.5, 0.6) is 17.2 Å². The molecule has 10 atom stereocenters. The molecule has 7 aliphatic heterocycles. The first-order chi connectivity index (χ1) is 25.4. The van der Waals surface area contributed by atoms with Gasteiger partial charge in [0.1, 0.15) is 35.6 Å². The molecule has 0 radical (unpaired) electrons. The number of aromatic hydroxyl groups is 1. The Bertz CT molecular complexity index is 1970. The molecule has 0 saturated carbocycles. The number of hydrogen-bond donors (Lipinski definition) is 1. The second-order valence-electron chi connectivity index (χ2n) is 15.1. The van der Waals surface area contributed by atoms with Gasteiger partial charge in [0.25, 0.3) is 11.6 Å². The van der Waals surface area contributed by atoms with Crippen LogP contribution < -0.4 is 9.47 Å². The lowest BCUT2D eigenvalue weighted by Gasteiger charge is -2.52. The molecule has 2 aromatic rings. The fraction of sp³-hybridized carbons (Fsp3) is 0.649. The summed E-state index contributed by atoms with van der Waals surface area (Å²) in [6.45, 7) is 7.31. The van der Waals surface area contributed by atoms with Crippen molar-refractivity contribution in [2.45, 2.75) is 126 Å². The zero-order valence-corrected chi connectivity index (χ0v) is 29.8. The SMILES string of the molecule is COc1c2c(c(O)c3c4c(c(C)cc13)C1O[C@]3(C5OCCCO5)OC1[C@](O[C@@H]1CC(OC(C)=O)C5(OC(=O)OC5C)C(C)O1)(O4)C31CO1)C(=O)CCC2. The largest absolute Gasteiger partial charge is 0.509 e. The number of fused-ring (bicyclic) bond motifs is 8. The summed E-state index contributed by atoms with van der Waals surface area (Å²) >= 11 is 0. The highest BCUT2D eigenvalue weighted by Gasteiger charge is 2.94. The highest BCUT2D eigenvalue weighted by molar-refractivity contribution is 6.11. The second-order valence-corrected chi connectivity index (χ2v) is 15.1. The molecule has 16 nitrogen and oxygen atoms in total. The van der Waals surface area contributed by atoms with Crippen molar-refractivity contribution in [3.8, 4) is 17.2 Å². The Morgan fingerprint density at radius 3 is 2.49 bits per heavy atom. The molecule has 7 unspecified atom stereocenters. The van der Waals surface area contributed by atoms with Crippen LogP contribution >= 0.6 is 0 Å². The average molecular weight is 741 g/mol. The van der Waals surface area contributed by atoms with Crippen LogP contribution in [-0.2, 0) is 58.6 Å². The molecule has 1 aliphatic carbocycles. The maximum atomic E-state index is 13.4. The number of cyclic esters (lactones) is 1. The number of ether oxygens (including phenoxy) is 12. The molecule has 1 N–H and O–H groups in total. The third kappa shape index (κ3) is 4.12. The molecule has 2 spiro atoms. The maximum Gasteiger partial charge on any atom is 0.509 e. The monoisotopic (exact) mass is 740 g/mol. The molecule has 8 aliphatic rings. The number of carbonyl (C=O) groups excluding carboxylic acids is 3. The zero-order chi connectivity index (χ0) is 36.8. The van der Waals surface area contributed by atoms with Crippen molar-refractivity contribution in [1.29, 1.82) is 0 Å². The van der Waals surface area contributed by atoms with Gasteiger partial charge < -0.3 is 61.9 Å². The number of carbonyl (C=O) groups is 3. The quantitative estimate of drug-likeness (QED) is 0.346. The highest BCUT2D eigenvalue weighted by Crippen LogP contribution is 2.72. The number of rotatable bonds is 5. The summed E-state index contributed by atoms with van der Waals surface area (Å²) in [5.74, 6) is -3.83. The van der Waals surface area contributed by atoms with Crippen LogP contribution in [0.15, 0.2) is 6.07 Å². The minimum Gasteiger partial charge on any atom is -0.506 e. The minimum atomic E-state index is -1.84. The van der Waals surface area contributed by atoms with Crippen molar-refractivity contribution in [3.05, 3.63) is 28.3 Å². The number of phenols is 1. The van der Waals surface area contributed by atoms with E-state index in [-0.39, 0.29) is 47.7 Å². The number of methoxy groups -OCH3 is 1. The normalized spacial score (nSPS) is 40.8. The number of phenolic OH excluding ortho intramolecular Hbond substituents is 1. The third-order valence-corrected chi connectivity index (χ3v) is 12.3. The van der Waals surface area contributed by atoms with Crippen LogP contribution in [0.3, 0.4) is 0 Å². The first-order valence-corrected chi connectivity index (χ1v) is 18.2. The van der Waals surface area contributed by atoms with Crippen LogP contribution in [0.4, 0.5) is 4.79 Å². The number of benzene rings is 2. The van der Waals surface area contributed by atoms with Crippen molar-refractivity contribution < 1.29 is 76.3 Å². The summed E-state index contributed by atoms with van der Waals surface area (Å²) in [4.78, 5) is 38.2. The Morgan fingerprint density at radius 2 is 1.81 bits per heavy atom. The Labute approximate surface area is 303 Å². The second kappa shape index (κ2) is 11.1. The fourth-order valence-electron chi connectivity index (χ4n) is 10.0. The first kappa shape index (κ1) is 33.8. The van der Waals surface area contributed by atoms with Gasteiger partial charge in [-0.15, -0.1) is 0 Å². The smallest absolute Gasteiger partial charge is 0.506 e. The van der Waals surface area contributed by atoms with Gasteiger partial charge in [-0.1, -0.05) is 0 Å².